The van der Waals surface area contributed by atoms with E-state index in [9.17, 15) is 18.0 Å². The smallest absolute Gasteiger partial charge is 0.326 e. The van der Waals surface area contributed by atoms with Crippen LogP contribution in [-0.2, 0) is 19.6 Å². The van der Waals surface area contributed by atoms with Gasteiger partial charge in [0, 0.05) is 13.0 Å². The number of amides is 1. The summed E-state index contributed by atoms with van der Waals surface area (Å²) in [5, 5.41) is 11.4. The van der Waals surface area contributed by atoms with E-state index in [0.717, 1.165) is 0 Å². The van der Waals surface area contributed by atoms with Crippen LogP contribution in [0, 0.1) is 5.92 Å². The Morgan fingerprint density at radius 1 is 1.20 bits per heavy atom. The number of hydrogen-bond donors (Lipinski definition) is 3. The van der Waals surface area contributed by atoms with Gasteiger partial charge in [0.1, 0.15) is 11.8 Å². The Morgan fingerprint density at radius 2 is 1.80 bits per heavy atom. The average Bonchev–Trinajstić information content (AvgIpc) is 2.52. The van der Waals surface area contributed by atoms with E-state index >= 15 is 0 Å². The summed E-state index contributed by atoms with van der Waals surface area (Å²) in [6, 6.07) is 4.91. The molecule has 1 aromatic carbocycles. The lowest BCUT2D eigenvalue weighted by Gasteiger charge is -2.17. The van der Waals surface area contributed by atoms with Gasteiger partial charge in [-0.1, -0.05) is 13.8 Å². The highest BCUT2D eigenvalue weighted by molar-refractivity contribution is 7.89. The second kappa shape index (κ2) is 9.38. The molecule has 0 heterocycles. The molecular weight excluding hydrogens is 348 g/mol. The van der Waals surface area contributed by atoms with Crippen LogP contribution in [0.1, 0.15) is 27.2 Å². The molecule has 0 aromatic heterocycles. The molecule has 0 spiro atoms. The lowest BCUT2D eigenvalue weighted by molar-refractivity contribution is -0.143. The van der Waals surface area contributed by atoms with Crippen LogP contribution in [0.3, 0.4) is 0 Å². The summed E-state index contributed by atoms with van der Waals surface area (Å²) in [4.78, 5) is 22.9. The van der Waals surface area contributed by atoms with Crippen LogP contribution in [0.5, 0.6) is 5.75 Å². The third-order valence-corrected chi connectivity index (χ3v) is 4.82. The number of carbonyl (C=O) groups is 2. The topological polar surface area (TPSA) is 122 Å². The Hall–Kier alpha value is -2.13. The molecule has 3 N–H and O–H groups in total. The van der Waals surface area contributed by atoms with Crippen LogP contribution >= 0.6 is 0 Å². The molecule has 1 aromatic rings. The van der Waals surface area contributed by atoms with Crippen LogP contribution in [0.25, 0.3) is 0 Å². The first kappa shape index (κ1) is 20.9. The van der Waals surface area contributed by atoms with E-state index < -0.39 is 27.9 Å². The fourth-order valence-electron chi connectivity index (χ4n) is 2.02. The molecular formula is C16H24N2O6S. The van der Waals surface area contributed by atoms with Gasteiger partial charge in [-0.3, -0.25) is 4.79 Å². The summed E-state index contributed by atoms with van der Waals surface area (Å²) >= 11 is 0. The summed E-state index contributed by atoms with van der Waals surface area (Å²) in [7, 11) is -3.75. The molecule has 0 aliphatic rings. The maximum Gasteiger partial charge on any atom is 0.326 e. The van der Waals surface area contributed by atoms with Crippen molar-refractivity contribution in [1.29, 1.82) is 0 Å². The minimum absolute atomic E-state index is 0.0574. The van der Waals surface area contributed by atoms with E-state index in [1.165, 1.54) is 12.1 Å². The lowest BCUT2D eigenvalue weighted by atomic mass is 10.0. The van der Waals surface area contributed by atoms with Crippen LogP contribution < -0.4 is 14.8 Å². The maximum atomic E-state index is 12.1. The van der Waals surface area contributed by atoms with E-state index in [1.54, 1.807) is 26.0 Å². The number of benzene rings is 1. The summed E-state index contributed by atoms with van der Waals surface area (Å²) < 4.78 is 31.8. The predicted octanol–water partition coefficient (Wildman–Crippen LogP) is 0.979. The molecule has 0 aliphatic carbocycles. The minimum atomic E-state index is -3.75. The fraction of sp³-hybridized carbons (Fsp3) is 0.500. The summed E-state index contributed by atoms with van der Waals surface area (Å²) in [5.74, 6) is -1.37. The van der Waals surface area contributed by atoms with E-state index in [2.05, 4.69) is 10.0 Å². The number of carboxylic acids is 1. The molecule has 1 amide bonds. The number of carboxylic acid groups (broad SMARTS) is 1. The van der Waals surface area contributed by atoms with Crippen LogP contribution in [0.4, 0.5) is 0 Å². The van der Waals surface area contributed by atoms with Crippen molar-refractivity contribution < 1.29 is 27.9 Å². The van der Waals surface area contributed by atoms with Crippen molar-refractivity contribution in [3.8, 4) is 5.75 Å². The fourth-order valence-corrected chi connectivity index (χ4v) is 3.05. The SMILES string of the molecule is CCOc1ccc(S(=O)(=O)NCCC(=O)N[C@@H](C(=O)O)C(C)C)cc1. The number of hydrogen-bond acceptors (Lipinski definition) is 5. The van der Waals surface area contributed by atoms with Crippen molar-refractivity contribution in [3.63, 3.8) is 0 Å². The highest BCUT2D eigenvalue weighted by atomic mass is 32.2. The summed E-state index contributed by atoms with van der Waals surface area (Å²) in [6.07, 6.45) is -0.160. The van der Waals surface area contributed by atoms with Gasteiger partial charge in [-0.2, -0.15) is 0 Å². The Balaban J connectivity index is 2.56. The number of carbonyl (C=O) groups excluding carboxylic acids is 1. The zero-order valence-electron chi connectivity index (χ0n) is 14.5. The molecule has 0 fully saturated rings. The van der Waals surface area contributed by atoms with Gasteiger partial charge in [-0.25, -0.2) is 17.9 Å². The quantitative estimate of drug-likeness (QED) is 0.563. The van der Waals surface area contributed by atoms with Gasteiger partial charge in [-0.15, -0.1) is 0 Å². The van der Waals surface area contributed by atoms with E-state index in [1.807, 2.05) is 6.92 Å². The number of aliphatic carboxylic acids is 1. The normalized spacial score (nSPS) is 12.6. The molecule has 0 unspecified atom stereocenters. The minimum Gasteiger partial charge on any atom is -0.494 e. The first-order valence-corrected chi connectivity index (χ1v) is 9.40. The third kappa shape index (κ3) is 6.71. The number of ether oxygens (including phenoxy) is 1. The van der Waals surface area contributed by atoms with E-state index in [4.69, 9.17) is 9.84 Å². The standard InChI is InChI=1S/C16H24N2O6S/c1-4-24-12-5-7-13(8-6-12)25(22,23)17-10-9-14(19)18-15(11(2)3)16(20)21/h5-8,11,15,17H,4,9-10H2,1-3H3,(H,18,19)(H,20,21)/t15-/m1/s1. The van der Waals surface area contributed by atoms with Gasteiger partial charge >= 0.3 is 5.97 Å². The van der Waals surface area contributed by atoms with Crippen molar-refractivity contribution in [2.45, 2.75) is 38.1 Å². The van der Waals surface area contributed by atoms with E-state index in [-0.39, 0.29) is 23.8 Å². The van der Waals surface area contributed by atoms with E-state index in [0.29, 0.717) is 12.4 Å². The zero-order chi connectivity index (χ0) is 19.0. The van der Waals surface area contributed by atoms with Gasteiger partial charge in [0.25, 0.3) is 0 Å². The second-order valence-electron chi connectivity index (χ2n) is 5.68. The molecule has 0 radical (unpaired) electrons. The molecule has 0 bridgehead atoms. The molecule has 0 saturated carbocycles. The van der Waals surface area contributed by atoms with Gasteiger partial charge in [0.15, 0.2) is 0 Å². The Bertz CT molecular complexity index is 685. The van der Waals surface area contributed by atoms with Crippen molar-refractivity contribution in [2.24, 2.45) is 5.92 Å². The van der Waals surface area contributed by atoms with Crippen molar-refractivity contribution >= 4 is 21.9 Å². The van der Waals surface area contributed by atoms with Crippen LogP contribution in [0.15, 0.2) is 29.2 Å². The largest absolute Gasteiger partial charge is 0.494 e. The Labute approximate surface area is 147 Å². The highest BCUT2D eigenvalue weighted by Gasteiger charge is 2.23. The zero-order valence-corrected chi connectivity index (χ0v) is 15.3. The molecule has 1 rings (SSSR count). The summed E-state index contributed by atoms with van der Waals surface area (Å²) in [6.45, 7) is 5.52. The van der Waals surface area contributed by atoms with Gasteiger partial charge < -0.3 is 15.2 Å². The molecule has 25 heavy (non-hydrogen) atoms. The first-order valence-electron chi connectivity index (χ1n) is 7.92. The Morgan fingerprint density at radius 3 is 2.28 bits per heavy atom. The molecule has 0 aliphatic heterocycles. The number of nitrogens with one attached hydrogen (secondary N) is 2. The summed E-state index contributed by atoms with van der Waals surface area (Å²) in [5.41, 5.74) is 0. The Kier molecular flexibility index (Phi) is 7.85. The maximum absolute atomic E-state index is 12.1. The van der Waals surface area contributed by atoms with Crippen molar-refractivity contribution in [1.82, 2.24) is 10.0 Å². The van der Waals surface area contributed by atoms with Crippen LogP contribution in [-0.4, -0.2) is 44.6 Å². The third-order valence-electron chi connectivity index (χ3n) is 3.34. The second-order valence-corrected chi connectivity index (χ2v) is 7.45. The average molecular weight is 372 g/mol. The molecule has 9 heteroatoms. The van der Waals surface area contributed by atoms with Gasteiger partial charge in [0.05, 0.1) is 11.5 Å². The molecule has 140 valence electrons. The highest BCUT2D eigenvalue weighted by Crippen LogP contribution is 2.15. The lowest BCUT2D eigenvalue weighted by Crippen LogP contribution is -2.45. The van der Waals surface area contributed by atoms with Gasteiger partial charge in [0.2, 0.25) is 15.9 Å². The molecule has 8 nitrogen and oxygen atoms in total. The molecule has 0 saturated heterocycles. The van der Waals surface area contributed by atoms with Crippen molar-refractivity contribution in [2.75, 3.05) is 13.2 Å². The predicted molar refractivity (Wildman–Crippen MR) is 91.8 cm³/mol. The monoisotopic (exact) mass is 372 g/mol. The van der Waals surface area contributed by atoms with Gasteiger partial charge in [-0.05, 0) is 37.1 Å². The number of rotatable bonds is 10. The van der Waals surface area contributed by atoms with Crippen LogP contribution in [0.2, 0.25) is 0 Å². The first-order chi connectivity index (χ1) is 11.7. The molecule has 1 atom stereocenters. The number of sulfonamides is 1. The van der Waals surface area contributed by atoms with Crippen molar-refractivity contribution in [3.05, 3.63) is 24.3 Å².